The van der Waals surface area contributed by atoms with Crippen LogP contribution >= 0.6 is 23.1 Å². The lowest BCUT2D eigenvalue weighted by Gasteiger charge is -2.14. The molecule has 1 aliphatic heterocycles. The lowest BCUT2D eigenvalue weighted by Crippen LogP contribution is -2.18. The smallest absolute Gasteiger partial charge is 0.234 e. The van der Waals surface area contributed by atoms with Crippen molar-refractivity contribution in [3.05, 3.63) is 47.7 Å². The highest BCUT2D eigenvalue weighted by Gasteiger charge is 2.25. The Morgan fingerprint density at radius 2 is 2.21 bits per heavy atom. The number of nitrogens with two attached hydrogens (primary N) is 1. The van der Waals surface area contributed by atoms with Crippen LogP contribution in [0.2, 0.25) is 0 Å². The molecule has 10 heteroatoms. The zero-order valence-electron chi connectivity index (χ0n) is 19.1. The van der Waals surface area contributed by atoms with Crippen molar-refractivity contribution < 1.29 is 9.53 Å². The first kappa shape index (κ1) is 22.8. The van der Waals surface area contributed by atoms with Crippen LogP contribution in [0.3, 0.4) is 0 Å². The van der Waals surface area contributed by atoms with Crippen molar-refractivity contribution in [1.82, 2.24) is 19.7 Å². The van der Waals surface area contributed by atoms with E-state index < -0.39 is 0 Å². The second-order valence-electron chi connectivity index (χ2n) is 8.41. The zero-order chi connectivity index (χ0) is 23.7. The fourth-order valence-corrected chi connectivity index (χ4v) is 5.91. The van der Waals surface area contributed by atoms with E-state index in [1.165, 1.54) is 23.1 Å². The summed E-state index contributed by atoms with van der Waals surface area (Å²) in [6.45, 7) is 5.40. The van der Waals surface area contributed by atoms with Gasteiger partial charge in [0.15, 0.2) is 11.0 Å². The molecule has 0 aliphatic carbocycles. The maximum Gasteiger partial charge on any atom is 0.234 e. The summed E-state index contributed by atoms with van der Waals surface area (Å²) in [6, 6.07) is 9.82. The number of rotatable bonds is 7. The predicted octanol–water partition coefficient (Wildman–Crippen LogP) is 4.66. The number of fused-ring (bicyclic) bond motifs is 1. The third kappa shape index (κ3) is 4.66. The number of thiophene rings is 1. The number of pyridine rings is 1. The molecular weight excluding hydrogens is 468 g/mol. The van der Waals surface area contributed by atoms with Gasteiger partial charge in [-0.15, -0.1) is 21.5 Å². The van der Waals surface area contributed by atoms with Gasteiger partial charge in [0.2, 0.25) is 5.91 Å². The molecule has 0 bridgehead atoms. The molecule has 3 aromatic heterocycles. The van der Waals surface area contributed by atoms with E-state index in [0.29, 0.717) is 23.2 Å². The molecule has 4 aromatic rings. The number of hydrogen-bond donors (Lipinski definition) is 2. The number of nitrogens with one attached hydrogen (secondary N) is 1. The Hall–Kier alpha value is -2.95. The van der Waals surface area contributed by atoms with Gasteiger partial charge in [0.05, 0.1) is 29.0 Å². The first-order valence-electron chi connectivity index (χ1n) is 11.2. The number of carbonyl (C=O) groups is 1. The van der Waals surface area contributed by atoms with Crippen molar-refractivity contribution in [2.24, 2.45) is 0 Å². The third-order valence-electron chi connectivity index (χ3n) is 5.82. The molecule has 5 rings (SSSR count). The number of aromatic nitrogens is 4. The number of carbonyl (C=O) groups excluding carboxylic acids is 1. The molecule has 1 aromatic carbocycles. The highest BCUT2D eigenvalue weighted by molar-refractivity contribution is 7.99. The van der Waals surface area contributed by atoms with Gasteiger partial charge < -0.3 is 15.8 Å². The average Bonchev–Trinajstić information content (AvgIpc) is 3.55. The number of amides is 1. The number of nitrogen functional groups attached to an aromatic ring is 1. The van der Waals surface area contributed by atoms with Gasteiger partial charge in [-0.2, -0.15) is 0 Å². The highest BCUT2D eigenvalue weighted by Crippen LogP contribution is 2.40. The van der Waals surface area contributed by atoms with Crippen LogP contribution in [-0.4, -0.2) is 44.1 Å². The molecule has 0 unspecified atom stereocenters. The Morgan fingerprint density at radius 1 is 1.32 bits per heavy atom. The molecule has 34 heavy (non-hydrogen) atoms. The number of aryl methyl sites for hydroxylation is 2. The minimum atomic E-state index is -0.0873. The van der Waals surface area contributed by atoms with E-state index in [4.69, 9.17) is 10.5 Å². The van der Waals surface area contributed by atoms with Crippen LogP contribution in [0.4, 0.5) is 11.4 Å². The van der Waals surface area contributed by atoms with Crippen molar-refractivity contribution in [2.45, 2.75) is 44.5 Å². The van der Waals surface area contributed by atoms with E-state index >= 15 is 0 Å². The van der Waals surface area contributed by atoms with Crippen LogP contribution < -0.4 is 11.1 Å². The quantitative estimate of drug-likeness (QED) is 0.360. The molecule has 1 aliphatic rings. The van der Waals surface area contributed by atoms with E-state index in [1.54, 1.807) is 6.20 Å². The van der Waals surface area contributed by atoms with Gasteiger partial charge in [-0.3, -0.25) is 9.36 Å². The number of thioether (sulfide) groups is 1. The molecule has 176 valence electrons. The van der Waals surface area contributed by atoms with Gasteiger partial charge in [-0.1, -0.05) is 29.5 Å². The second kappa shape index (κ2) is 9.73. The average molecular weight is 495 g/mol. The largest absolute Gasteiger partial charge is 0.397 e. The number of anilines is 2. The number of ether oxygens (including phenoxy) is 1. The highest BCUT2D eigenvalue weighted by atomic mass is 32.2. The SMILES string of the molecule is Cc1ccc(NC(=O)CSc2nnc(-c3sc4ncccc4c3N)n2C[C@@H]2CCCO2)c(C)c1. The predicted molar refractivity (Wildman–Crippen MR) is 137 cm³/mol. The summed E-state index contributed by atoms with van der Waals surface area (Å²) < 4.78 is 7.92. The van der Waals surface area contributed by atoms with E-state index in [2.05, 4.69) is 26.6 Å². The Morgan fingerprint density at radius 3 is 2.97 bits per heavy atom. The lowest BCUT2D eigenvalue weighted by atomic mass is 10.1. The fraction of sp³-hybridized carbons (Fsp3) is 0.333. The maximum atomic E-state index is 12.7. The van der Waals surface area contributed by atoms with Gasteiger partial charge in [-0.05, 0) is 50.5 Å². The summed E-state index contributed by atoms with van der Waals surface area (Å²) in [6.07, 6.45) is 3.87. The van der Waals surface area contributed by atoms with Crippen molar-refractivity contribution in [3.63, 3.8) is 0 Å². The van der Waals surface area contributed by atoms with Crippen molar-refractivity contribution in [2.75, 3.05) is 23.4 Å². The summed E-state index contributed by atoms with van der Waals surface area (Å²) >= 11 is 2.87. The van der Waals surface area contributed by atoms with Gasteiger partial charge in [-0.25, -0.2) is 4.98 Å². The van der Waals surface area contributed by atoms with Crippen LogP contribution in [0.25, 0.3) is 20.9 Å². The molecule has 1 atom stereocenters. The van der Waals surface area contributed by atoms with Crippen LogP contribution in [0, 0.1) is 13.8 Å². The van der Waals surface area contributed by atoms with E-state index in [1.807, 2.05) is 42.7 Å². The number of benzene rings is 1. The molecular formula is C24H26N6O2S2. The maximum absolute atomic E-state index is 12.7. The standard InChI is InChI=1S/C24H26N6O2S2/c1-14-7-8-18(15(2)11-14)27-19(31)13-33-24-29-28-22(30(24)12-16-5-4-10-32-16)21-20(25)17-6-3-9-26-23(17)34-21/h3,6-9,11,16H,4-5,10,12-13,25H2,1-2H3,(H,27,31)/t16-/m0/s1. The van der Waals surface area contributed by atoms with Crippen molar-refractivity contribution in [1.29, 1.82) is 0 Å². The van der Waals surface area contributed by atoms with Gasteiger partial charge in [0.1, 0.15) is 4.83 Å². The summed E-state index contributed by atoms with van der Waals surface area (Å²) in [4.78, 5) is 18.8. The molecule has 0 radical (unpaired) electrons. The van der Waals surface area contributed by atoms with Crippen LogP contribution in [0.15, 0.2) is 41.7 Å². The number of nitrogens with zero attached hydrogens (tertiary/aromatic N) is 4. The van der Waals surface area contributed by atoms with Crippen LogP contribution in [-0.2, 0) is 16.1 Å². The summed E-state index contributed by atoms with van der Waals surface area (Å²) in [7, 11) is 0. The molecule has 1 saturated heterocycles. The number of hydrogen-bond acceptors (Lipinski definition) is 8. The molecule has 4 heterocycles. The third-order valence-corrected chi connectivity index (χ3v) is 7.92. The van der Waals surface area contributed by atoms with Crippen LogP contribution in [0.1, 0.15) is 24.0 Å². The Kier molecular flexibility index (Phi) is 6.53. The first-order valence-corrected chi connectivity index (χ1v) is 13.0. The molecule has 8 nitrogen and oxygen atoms in total. The minimum Gasteiger partial charge on any atom is -0.397 e. The Bertz CT molecular complexity index is 1340. The van der Waals surface area contributed by atoms with Crippen LogP contribution in [0.5, 0.6) is 0 Å². The van der Waals surface area contributed by atoms with Gasteiger partial charge in [0.25, 0.3) is 0 Å². The zero-order valence-corrected chi connectivity index (χ0v) is 20.7. The monoisotopic (exact) mass is 494 g/mol. The molecule has 3 N–H and O–H groups in total. The summed E-state index contributed by atoms with van der Waals surface area (Å²) in [5, 5.41) is 13.5. The van der Waals surface area contributed by atoms with E-state index in [0.717, 1.165) is 51.4 Å². The molecule has 0 saturated carbocycles. The topological polar surface area (TPSA) is 108 Å². The lowest BCUT2D eigenvalue weighted by molar-refractivity contribution is -0.113. The van der Waals surface area contributed by atoms with Crippen molar-refractivity contribution >= 4 is 50.6 Å². The summed E-state index contributed by atoms with van der Waals surface area (Å²) in [5.41, 5.74) is 10.2. The minimum absolute atomic E-state index is 0.0873. The van der Waals surface area contributed by atoms with Gasteiger partial charge >= 0.3 is 0 Å². The molecule has 1 amide bonds. The van der Waals surface area contributed by atoms with Crippen molar-refractivity contribution in [3.8, 4) is 10.7 Å². The summed E-state index contributed by atoms with van der Waals surface area (Å²) in [5.74, 6) is 0.824. The Balaban J connectivity index is 1.39. The van der Waals surface area contributed by atoms with E-state index in [9.17, 15) is 4.79 Å². The fourth-order valence-electron chi connectivity index (χ4n) is 4.11. The first-order chi connectivity index (χ1) is 16.5. The Labute approximate surface area is 205 Å². The second-order valence-corrected chi connectivity index (χ2v) is 10.3. The van der Waals surface area contributed by atoms with Gasteiger partial charge in [0, 0.05) is 23.9 Å². The normalized spacial score (nSPS) is 15.8. The molecule has 0 spiro atoms. The molecule has 1 fully saturated rings. The van der Waals surface area contributed by atoms with E-state index in [-0.39, 0.29) is 17.8 Å².